The summed E-state index contributed by atoms with van der Waals surface area (Å²) >= 11 is 0. The number of carboxylic acid groups (broad SMARTS) is 1. The Morgan fingerprint density at radius 2 is 2.18 bits per heavy atom. The highest BCUT2D eigenvalue weighted by molar-refractivity contribution is 5.88. The molecule has 92 valence electrons. The van der Waals surface area contributed by atoms with Crippen LogP contribution in [0.15, 0.2) is 18.3 Å². The lowest BCUT2D eigenvalue weighted by Crippen LogP contribution is -2.17. The second kappa shape index (κ2) is 5.66. The van der Waals surface area contributed by atoms with E-state index >= 15 is 0 Å². The van der Waals surface area contributed by atoms with E-state index in [1.165, 1.54) is 44.4 Å². The standard InChI is InChI=1S/C13H18N2O2/c16-13(17)11-6-7-14-12(8-11)15-9-10-4-2-1-3-5-10/h6-8,10H,1-5,9H2,(H,14,15)(H,16,17). The second-order valence-electron chi connectivity index (χ2n) is 4.62. The van der Waals surface area contributed by atoms with Gasteiger partial charge in [0.05, 0.1) is 5.56 Å². The number of anilines is 1. The monoisotopic (exact) mass is 234 g/mol. The first-order chi connectivity index (χ1) is 8.25. The van der Waals surface area contributed by atoms with E-state index in [1.54, 1.807) is 6.07 Å². The van der Waals surface area contributed by atoms with Crippen LogP contribution >= 0.6 is 0 Å². The molecular weight excluding hydrogens is 216 g/mol. The number of rotatable bonds is 4. The minimum atomic E-state index is -0.909. The Bertz CT molecular complexity index is 387. The Balaban J connectivity index is 1.89. The molecule has 1 saturated carbocycles. The van der Waals surface area contributed by atoms with E-state index in [0.717, 1.165) is 6.54 Å². The van der Waals surface area contributed by atoms with Crippen molar-refractivity contribution < 1.29 is 9.90 Å². The van der Waals surface area contributed by atoms with Gasteiger partial charge in [-0.25, -0.2) is 9.78 Å². The molecule has 4 heteroatoms. The molecule has 0 aromatic carbocycles. The van der Waals surface area contributed by atoms with E-state index in [0.29, 0.717) is 11.7 Å². The molecule has 2 N–H and O–H groups in total. The Morgan fingerprint density at radius 1 is 1.41 bits per heavy atom. The fourth-order valence-electron chi connectivity index (χ4n) is 2.30. The number of hydrogen-bond donors (Lipinski definition) is 2. The number of aromatic carboxylic acids is 1. The molecule has 1 aliphatic carbocycles. The predicted molar refractivity (Wildman–Crippen MR) is 66.3 cm³/mol. The summed E-state index contributed by atoms with van der Waals surface area (Å²) in [5, 5.41) is 12.1. The third kappa shape index (κ3) is 3.44. The van der Waals surface area contributed by atoms with E-state index in [9.17, 15) is 4.79 Å². The van der Waals surface area contributed by atoms with Crippen LogP contribution in [0.1, 0.15) is 42.5 Å². The van der Waals surface area contributed by atoms with Crippen LogP contribution in [0, 0.1) is 5.92 Å². The second-order valence-corrected chi connectivity index (χ2v) is 4.62. The summed E-state index contributed by atoms with van der Waals surface area (Å²) in [7, 11) is 0. The van der Waals surface area contributed by atoms with Crippen LogP contribution < -0.4 is 5.32 Å². The van der Waals surface area contributed by atoms with Crippen LogP contribution in [0.3, 0.4) is 0 Å². The molecule has 4 nitrogen and oxygen atoms in total. The molecule has 0 aliphatic heterocycles. The van der Waals surface area contributed by atoms with E-state index in [1.807, 2.05) is 0 Å². The fraction of sp³-hybridized carbons (Fsp3) is 0.538. The van der Waals surface area contributed by atoms with E-state index in [4.69, 9.17) is 5.11 Å². The van der Waals surface area contributed by atoms with Crippen LogP contribution in [0.2, 0.25) is 0 Å². The molecule has 0 spiro atoms. The third-order valence-corrected chi connectivity index (χ3v) is 3.30. The molecule has 1 fully saturated rings. The summed E-state index contributed by atoms with van der Waals surface area (Å²) in [6.45, 7) is 0.899. The summed E-state index contributed by atoms with van der Waals surface area (Å²) in [5.74, 6) is 0.461. The van der Waals surface area contributed by atoms with Gasteiger partial charge in [0.1, 0.15) is 5.82 Å². The molecule has 1 aliphatic rings. The lowest BCUT2D eigenvalue weighted by Gasteiger charge is -2.21. The number of hydrogen-bond acceptors (Lipinski definition) is 3. The van der Waals surface area contributed by atoms with Crippen molar-refractivity contribution in [1.29, 1.82) is 0 Å². The number of carbonyl (C=O) groups is 1. The molecule has 0 radical (unpaired) electrons. The van der Waals surface area contributed by atoms with Gasteiger partial charge in [0.15, 0.2) is 0 Å². The maximum absolute atomic E-state index is 10.8. The van der Waals surface area contributed by atoms with Gasteiger partial charge in [0.2, 0.25) is 0 Å². The first-order valence-corrected chi connectivity index (χ1v) is 6.19. The zero-order chi connectivity index (χ0) is 12.1. The van der Waals surface area contributed by atoms with Crippen molar-refractivity contribution in [3.05, 3.63) is 23.9 Å². The summed E-state index contributed by atoms with van der Waals surface area (Å²) in [4.78, 5) is 14.9. The zero-order valence-electron chi connectivity index (χ0n) is 9.85. The van der Waals surface area contributed by atoms with Crippen LogP contribution in [0.25, 0.3) is 0 Å². The van der Waals surface area contributed by atoms with Crippen molar-refractivity contribution in [3.63, 3.8) is 0 Å². The molecule has 0 unspecified atom stereocenters. The van der Waals surface area contributed by atoms with E-state index < -0.39 is 5.97 Å². The maximum atomic E-state index is 10.8. The Kier molecular flexibility index (Phi) is 3.96. The minimum Gasteiger partial charge on any atom is -0.478 e. The number of aromatic nitrogens is 1. The molecule has 1 heterocycles. The van der Waals surface area contributed by atoms with E-state index in [-0.39, 0.29) is 5.56 Å². The number of nitrogens with one attached hydrogen (secondary N) is 1. The van der Waals surface area contributed by atoms with Crippen LogP contribution in [0.5, 0.6) is 0 Å². The van der Waals surface area contributed by atoms with Crippen molar-refractivity contribution in [2.24, 2.45) is 5.92 Å². The summed E-state index contributed by atoms with van der Waals surface area (Å²) in [5.41, 5.74) is 0.283. The molecule has 1 aromatic rings. The third-order valence-electron chi connectivity index (χ3n) is 3.30. The van der Waals surface area contributed by atoms with Crippen molar-refractivity contribution >= 4 is 11.8 Å². The Morgan fingerprint density at radius 3 is 2.88 bits per heavy atom. The smallest absolute Gasteiger partial charge is 0.335 e. The molecule has 0 atom stereocenters. The molecule has 0 amide bonds. The summed E-state index contributed by atoms with van der Waals surface area (Å²) < 4.78 is 0. The van der Waals surface area contributed by atoms with Crippen LogP contribution in [-0.4, -0.2) is 22.6 Å². The average Bonchev–Trinajstić information content (AvgIpc) is 2.38. The molecule has 0 saturated heterocycles. The largest absolute Gasteiger partial charge is 0.478 e. The lowest BCUT2D eigenvalue weighted by molar-refractivity contribution is 0.0697. The molecular formula is C13H18N2O2. The average molecular weight is 234 g/mol. The van der Waals surface area contributed by atoms with Crippen LogP contribution in [0.4, 0.5) is 5.82 Å². The highest BCUT2D eigenvalue weighted by Gasteiger charge is 2.13. The first-order valence-electron chi connectivity index (χ1n) is 6.19. The van der Waals surface area contributed by atoms with Crippen LogP contribution in [-0.2, 0) is 0 Å². The van der Waals surface area contributed by atoms with Crippen molar-refractivity contribution in [1.82, 2.24) is 4.98 Å². The minimum absolute atomic E-state index is 0.283. The zero-order valence-corrected chi connectivity index (χ0v) is 9.85. The van der Waals surface area contributed by atoms with Gasteiger partial charge in [0.25, 0.3) is 0 Å². The normalized spacial score (nSPS) is 16.7. The van der Waals surface area contributed by atoms with Gasteiger partial charge < -0.3 is 10.4 Å². The molecule has 1 aromatic heterocycles. The van der Waals surface area contributed by atoms with Gasteiger partial charge in [-0.1, -0.05) is 19.3 Å². The topological polar surface area (TPSA) is 62.2 Å². The molecule has 2 rings (SSSR count). The van der Waals surface area contributed by atoms with Crippen molar-refractivity contribution in [2.75, 3.05) is 11.9 Å². The van der Waals surface area contributed by atoms with Crippen molar-refractivity contribution in [2.45, 2.75) is 32.1 Å². The van der Waals surface area contributed by atoms with E-state index in [2.05, 4.69) is 10.3 Å². The van der Waals surface area contributed by atoms with Gasteiger partial charge in [-0.05, 0) is 30.9 Å². The molecule has 0 bridgehead atoms. The quantitative estimate of drug-likeness (QED) is 0.840. The number of nitrogens with zero attached hydrogens (tertiary/aromatic N) is 1. The predicted octanol–water partition coefficient (Wildman–Crippen LogP) is 2.77. The summed E-state index contributed by atoms with van der Waals surface area (Å²) in [6, 6.07) is 3.10. The maximum Gasteiger partial charge on any atom is 0.335 e. The van der Waals surface area contributed by atoms with Gasteiger partial charge in [-0.3, -0.25) is 0 Å². The molecule has 17 heavy (non-hydrogen) atoms. The highest BCUT2D eigenvalue weighted by Crippen LogP contribution is 2.23. The lowest BCUT2D eigenvalue weighted by atomic mass is 9.89. The van der Waals surface area contributed by atoms with Gasteiger partial charge in [0, 0.05) is 12.7 Å². The highest BCUT2D eigenvalue weighted by atomic mass is 16.4. The Hall–Kier alpha value is -1.58. The van der Waals surface area contributed by atoms with Crippen molar-refractivity contribution in [3.8, 4) is 0 Å². The summed E-state index contributed by atoms with van der Waals surface area (Å²) in [6.07, 6.45) is 8.05. The number of pyridine rings is 1. The van der Waals surface area contributed by atoms with Gasteiger partial charge in [-0.2, -0.15) is 0 Å². The first kappa shape index (κ1) is 11.9. The SMILES string of the molecule is O=C(O)c1ccnc(NCC2CCCCC2)c1. The van der Waals surface area contributed by atoms with Gasteiger partial charge in [-0.15, -0.1) is 0 Å². The van der Waals surface area contributed by atoms with Gasteiger partial charge >= 0.3 is 5.97 Å². The number of carboxylic acids is 1. The Labute approximate surface area is 101 Å². The fourth-order valence-corrected chi connectivity index (χ4v) is 2.30.